The molecule has 1 fully saturated rings. The van der Waals surface area contributed by atoms with Gasteiger partial charge in [-0.25, -0.2) is 9.37 Å². The Kier molecular flexibility index (Phi) is 3.00. The zero-order valence-corrected chi connectivity index (χ0v) is 12.7. The van der Waals surface area contributed by atoms with Gasteiger partial charge < -0.3 is 5.32 Å². The maximum Gasteiger partial charge on any atom is 0.228 e. The van der Waals surface area contributed by atoms with Crippen molar-refractivity contribution in [2.24, 2.45) is 11.8 Å². The summed E-state index contributed by atoms with van der Waals surface area (Å²) in [7, 11) is 0. The summed E-state index contributed by atoms with van der Waals surface area (Å²) in [4.78, 5) is 17.7. The smallest absolute Gasteiger partial charge is 0.228 e. The first kappa shape index (κ1) is 13.5. The van der Waals surface area contributed by atoms with Crippen molar-refractivity contribution in [3.8, 4) is 11.3 Å². The highest BCUT2D eigenvalue weighted by molar-refractivity contribution is 7.15. The molecule has 1 aliphatic carbocycles. The van der Waals surface area contributed by atoms with Crippen LogP contribution >= 0.6 is 11.3 Å². The lowest BCUT2D eigenvalue weighted by atomic mass is 10.1. The molecule has 6 heteroatoms. The number of hydrogen-bond acceptors (Lipinski definition) is 3. The van der Waals surface area contributed by atoms with Gasteiger partial charge in [0.2, 0.25) is 5.91 Å². The molecule has 1 aliphatic rings. The van der Waals surface area contributed by atoms with Crippen molar-refractivity contribution in [1.29, 1.82) is 0 Å². The number of anilines is 1. The fraction of sp³-hybridized carbons (Fsp3) is 0.250. The summed E-state index contributed by atoms with van der Waals surface area (Å²) in [5.41, 5.74) is 1.46. The lowest BCUT2D eigenvalue weighted by Gasteiger charge is -2.06. The second-order valence-electron chi connectivity index (χ2n) is 5.68. The van der Waals surface area contributed by atoms with E-state index in [1.807, 2.05) is 16.0 Å². The van der Waals surface area contributed by atoms with Gasteiger partial charge in [-0.15, -0.1) is 11.3 Å². The van der Waals surface area contributed by atoms with E-state index in [9.17, 15) is 9.18 Å². The molecular formula is C16H14FN3OS. The minimum absolute atomic E-state index is 0.0314. The Balaban J connectivity index is 1.77. The van der Waals surface area contributed by atoms with Crippen LogP contribution in [0.1, 0.15) is 13.3 Å². The fourth-order valence-electron chi connectivity index (χ4n) is 2.61. The van der Waals surface area contributed by atoms with E-state index >= 15 is 0 Å². The standard InChI is InChI=1S/C16H14FN3OS/c1-9-8-12(9)15(21)19-14-13(10-2-4-11(17)5-3-10)18-16-20(14)6-7-22-16/h2-7,9,12H,8H2,1H3,(H,19,21)/t9-,12+/m0/s1. The van der Waals surface area contributed by atoms with Gasteiger partial charge in [-0.05, 0) is 36.6 Å². The Hall–Kier alpha value is -2.21. The maximum absolute atomic E-state index is 13.1. The van der Waals surface area contributed by atoms with Crippen LogP contribution in [0, 0.1) is 17.7 Å². The van der Waals surface area contributed by atoms with Crippen LogP contribution in [0.3, 0.4) is 0 Å². The highest BCUT2D eigenvalue weighted by Gasteiger charge is 2.39. The van der Waals surface area contributed by atoms with Crippen LogP contribution in [0.2, 0.25) is 0 Å². The molecule has 0 spiro atoms. The van der Waals surface area contributed by atoms with Crippen LogP contribution in [-0.2, 0) is 4.79 Å². The van der Waals surface area contributed by atoms with Crippen LogP contribution in [0.5, 0.6) is 0 Å². The fourth-order valence-corrected chi connectivity index (χ4v) is 3.33. The number of benzene rings is 1. The summed E-state index contributed by atoms with van der Waals surface area (Å²) < 4.78 is 15.0. The Morgan fingerprint density at radius 1 is 1.41 bits per heavy atom. The Morgan fingerprint density at radius 2 is 2.14 bits per heavy atom. The summed E-state index contributed by atoms with van der Waals surface area (Å²) >= 11 is 1.50. The first-order chi connectivity index (χ1) is 10.6. The average molecular weight is 315 g/mol. The molecule has 0 aliphatic heterocycles. The van der Waals surface area contributed by atoms with E-state index in [1.54, 1.807) is 12.1 Å². The van der Waals surface area contributed by atoms with E-state index in [0.29, 0.717) is 17.4 Å². The summed E-state index contributed by atoms with van der Waals surface area (Å²) in [6.45, 7) is 2.07. The van der Waals surface area contributed by atoms with Gasteiger partial charge in [0.1, 0.15) is 17.3 Å². The molecule has 112 valence electrons. The molecule has 0 bridgehead atoms. The second kappa shape index (κ2) is 4.91. The molecule has 1 saturated carbocycles. The summed E-state index contributed by atoms with van der Waals surface area (Å²) in [5, 5.41) is 4.92. The Morgan fingerprint density at radius 3 is 2.82 bits per heavy atom. The third kappa shape index (κ3) is 2.20. The van der Waals surface area contributed by atoms with E-state index in [2.05, 4.69) is 17.2 Å². The van der Waals surface area contributed by atoms with Crippen molar-refractivity contribution in [3.05, 3.63) is 41.7 Å². The lowest BCUT2D eigenvalue weighted by molar-refractivity contribution is -0.117. The average Bonchev–Trinajstić information content (AvgIpc) is 2.93. The Bertz CT molecular complexity index is 852. The molecule has 22 heavy (non-hydrogen) atoms. The number of nitrogens with one attached hydrogen (secondary N) is 1. The largest absolute Gasteiger partial charge is 0.310 e. The topological polar surface area (TPSA) is 46.4 Å². The van der Waals surface area contributed by atoms with Crippen LogP contribution in [-0.4, -0.2) is 15.3 Å². The third-order valence-corrected chi connectivity index (χ3v) is 4.82. The maximum atomic E-state index is 13.1. The normalized spacial score (nSPS) is 20.3. The summed E-state index contributed by atoms with van der Waals surface area (Å²) in [5.74, 6) is 0.934. The van der Waals surface area contributed by atoms with Crippen LogP contribution in [0.4, 0.5) is 10.2 Å². The van der Waals surface area contributed by atoms with E-state index in [4.69, 9.17) is 0 Å². The van der Waals surface area contributed by atoms with E-state index in [-0.39, 0.29) is 17.6 Å². The molecule has 1 aromatic carbocycles. The number of carbonyl (C=O) groups excluding carboxylic acids is 1. The third-order valence-electron chi connectivity index (χ3n) is 4.07. The van der Waals surface area contributed by atoms with Crippen molar-refractivity contribution >= 4 is 28.0 Å². The molecule has 1 N–H and O–H groups in total. The Labute approximate surface area is 130 Å². The molecule has 2 atom stereocenters. The number of fused-ring (bicyclic) bond motifs is 1. The van der Waals surface area contributed by atoms with E-state index < -0.39 is 0 Å². The number of nitrogens with zero attached hydrogens (tertiary/aromatic N) is 2. The van der Waals surface area contributed by atoms with Gasteiger partial charge in [-0.1, -0.05) is 6.92 Å². The SMILES string of the molecule is C[C@H]1C[C@H]1C(=O)Nc1c(-c2ccc(F)cc2)nc2sccn12. The first-order valence-electron chi connectivity index (χ1n) is 7.16. The van der Waals surface area contributed by atoms with Crippen LogP contribution in [0.25, 0.3) is 16.2 Å². The van der Waals surface area contributed by atoms with Crippen molar-refractivity contribution in [2.45, 2.75) is 13.3 Å². The molecule has 0 saturated heterocycles. The molecule has 4 rings (SSSR count). The van der Waals surface area contributed by atoms with Crippen molar-refractivity contribution in [1.82, 2.24) is 9.38 Å². The molecular weight excluding hydrogens is 301 g/mol. The molecule has 0 unspecified atom stereocenters. The molecule has 4 nitrogen and oxygen atoms in total. The molecule has 0 radical (unpaired) electrons. The van der Waals surface area contributed by atoms with Gasteiger partial charge in [0.15, 0.2) is 4.96 Å². The van der Waals surface area contributed by atoms with Gasteiger partial charge in [0.05, 0.1) is 0 Å². The predicted molar refractivity (Wildman–Crippen MR) is 84.4 cm³/mol. The minimum Gasteiger partial charge on any atom is -0.310 e. The summed E-state index contributed by atoms with van der Waals surface area (Å²) in [6.07, 6.45) is 2.81. The number of amides is 1. The zero-order chi connectivity index (χ0) is 15.3. The van der Waals surface area contributed by atoms with E-state index in [1.165, 1.54) is 23.5 Å². The van der Waals surface area contributed by atoms with Gasteiger partial charge >= 0.3 is 0 Å². The molecule has 2 aromatic heterocycles. The van der Waals surface area contributed by atoms with Gasteiger partial charge in [0.25, 0.3) is 0 Å². The number of thiazole rings is 1. The number of carbonyl (C=O) groups is 1. The number of imidazole rings is 1. The van der Waals surface area contributed by atoms with Gasteiger partial charge in [-0.2, -0.15) is 0 Å². The number of rotatable bonds is 3. The number of halogens is 1. The molecule has 1 amide bonds. The van der Waals surface area contributed by atoms with Gasteiger partial charge in [-0.3, -0.25) is 9.20 Å². The number of hydrogen-bond donors (Lipinski definition) is 1. The highest BCUT2D eigenvalue weighted by atomic mass is 32.1. The quantitative estimate of drug-likeness (QED) is 0.799. The predicted octanol–water partition coefficient (Wildman–Crippen LogP) is 3.80. The van der Waals surface area contributed by atoms with E-state index in [0.717, 1.165) is 16.9 Å². The first-order valence-corrected chi connectivity index (χ1v) is 8.04. The van der Waals surface area contributed by atoms with Gasteiger partial charge in [0, 0.05) is 23.1 Å². The van der Waals surface area contributed by atoms with Crippen molar-refractivity contribution < 1.29 is 9.18 Å². The van der Waals surface area contributed by atoms with Crippen molar-refractivity contribution in [2.75, 3.05) is 5.32 Å². The minimum atomic E-state index is -0.290. The van der Waals surface area contributed by atoms with Crippen LogP contribution < -0.4 is 5.32 Å². The number of aromatic nitrogens is 2. The highest BCUT2D eigenvalue weighted by Crippen LogP contribution is 2.39. The van der Waals surface area contributed by atoms with Crippen molar-refractivity contribution in [3.63, 3.8) is 0 Å². The lowest BCUT2D eigenvalue weighted by Crippen LogP contribution is -2.16. The molecule has 2 heterocycles. The zero-order valence-electron chi connectivity index (χ0n) is 11.9. The second-order valence-corrected chi connectivity index (χ2v) is 6.55. The van der Waals surface area contributed by atoms with Crippen LogP contribution in [0.15, 0.2) is 35.8 Å². The summed E-state index contributed by atoms with van der Waals surface area (Å²) in [6, 6.07) is 6.16. The molecule has 3 aromatic rings. The monoisotopic (exact) mass is 315 g/mol.